The van der Waals surface area contributed by atoms with Gasteiger partial charge in [-0.15, -0.1) is 0 Å². The minimum atomic E-state index is -1.21. The molecule has 2 saturated heterocycles. The van der Waals surface area contributed by atoms with E-state index >= 15 is 0 Å². The molecule has 2 aliphatic heterocycles. The lowest BCUT2D eigenvalue weighted by Crippen LogP contribution is -2.52. The molecular formula is C27H28N4O4. The Kier molecular flexibility index (Phi) is 5.80. The van der Waals surface area contributed by atoms with Gasteiger partial charge in [-0.2, -0.15) is 0 Å². The van der Waals surface area contributed by atoms with E-state index in [0.717, 1.165) is 27.1 Å². The SMILES string of the molecule is COc1ccc(N2CCN(C(=O)CN3C(=O)N[C@](C)(c4ccc5ccccc5c4)C3=O)CC2)cc1. The van der Waals surface area contributed by atoms with Crippen molar-refractivity contribution >= 4 is 34.3 Å². The largest absolute Gasteiger partial charge is 0.497 e. The van der Waals surface area contributed by atoms with Gasteiger partial charge in [0.15, 0.2) is 0 Å². The van der Waals surface area contributed by atoms with Gasteiger partial charge in [-0.1, -0.05) is 36.4 Å². The summed E-state index contributed by atoms with van der Waals surface area (Å²) in [5, 5.41) is 4.84. The van der Waals surface area contributed by atoms with E-state index in [-0.39, 0.29) is 12.5 Å². The standard InChI is InChI=1S/C27H28N4O4/c1-27(21-8-7-19-5-3-4-6-20(19)17-21)25(33)31(26(34)28-27)18-24(32)30-15-13-29(14-16-30)22-9-11-23(35-2)12-10-22/h3-12,17H,13-16,18H2,1-2H3,(H,28,34)/t27-/m1/s1. The number of hydrogen-bond acceptors (Lipinski definition) is 5. The summed E-state index contributed by atoms with van der Waals surface area (Å²) < 4.78 is 5.21. The van der Waals surface area contributed by atoms with Gasteiger partial charge in [0.1, 0.15) is 17.8 Å². The molecule has 0 aromatic heterocycles. The zero-order chi connectivity index (χ0) is 24.6. The Balaban J connectivity index is 1.24. The topological polar surface area (TPSA) is 82.2 Å². The fraction of sp³-hybridized carbons (Fsp3) is 0.296. The average Bonchev–Trinajstić information content (AvgIpc) is 3.12. The van der Waals surface area contributed by atoms with E-state index in [4.69, 9.17) is 4.74 Å². The highest BCUT2D eigenvalue weighted by molar-refractivity contribution is 6.09. The van der Waals surface area contributed by atoms with Crippen molar-refractivity contribution in [1.29, 1.82) is 0 Å². The van der Waals surface area contributed by atoms with Crippen LogP contribution in [-0.4, -0.2) is 67.5 Å². The number of nitrogens with one attached hydrogen (secondary N) is 1. The summed E-state index contributed by atoms with van der Waals surface area (Å²) in [6.45, 7) is 3.82. The van der Waals surface area contributed by atoms with Gasteiger partial charge in [-0.05, 0) is 53.6 Å². The van der Waals surface area contributed by atoms with Crippen molar-refractivity contribution < 1.29 is 19.1 Å². The average molecular weight is 473 g/mol. The molecular weight excluding hydrogens is 444 g/mol. The first kappa shape index (κ1) is 22.7. The van der Waals surface area contributed by atoms with Crippen LogP contribution in [0.1, 0.15) is 12.5 Å². The molecule has 0 unspecified atom stereocenters. The van der Waals surface area contributed by atoms with Crippen molar-refractivity contribution in [3.63, 3.8) is 0 Å². The number of nitrogens with zero attached hydrogens (tertiary/aromatic N) is 3. The third-order valence-electron chi connectivity index (χ3n) is 6.97. The summed E-state index contributed by atoms with van der Waals surface area (Å²) in [6, 6.07) is 20.8. The van der Waals surface area contributed by atoms with Crippen LogP contribution in [0.4, 0.5) is 10.5 Å². The van der Waals surface area contributed by atoms with E-state index in [9.17, 15) is 14.4 Å². The monoisotopic (exact) mass is 472 g/mol. The molecule has 180 valence electrons. The third kappa shape index (κ3) is 4.16. The molecule has 2 fully saturated rings. The summed E-state index contributed by atoms with van der Waals surface area (Å²) in [4.78, 5) is 44.0. The smallest absolute Gasteiger partial charge is 0.325 e. The van der Waals surface area contributed by atoms with Gasteiger partial charge in [-0.3, -0.25) is 14.5 Å². The van der Waals surface area contributed by atoms with E-state index < -0.39 is 17.5 Å². The fourth-order valence-electron chi connectivity index (χ4n) is 4.78. The molecule has 35 heavy (non-hydrogen) atoms. The van der Waals surface area contributed by atoms with E-state index in [1.165, 1.54) is 0 Å². The minimum absolute atomic E-state index is 0.231. The highest BCUT2D eigenvalue weighted by Gasteiger charge is 2.49. The van der Waals surface area contributed by atoms with E-state index in [1.54, 1.807) is 18.9 Å². The van der Waals surface area contributed by atoms with E-state index in [0.29, 0.717) is 31.7 Å². The van der Waals surface area contributed by atoms with Crippen molar-refractivity contribution in [3.8, 4) is 5.75 Å². The number of anilines is 1. The van der Waals surface area contributed by atoms with Gasteiger partial charge in [0.05, 0.1) is 7.11 Å². The molecule has 8 heteroatoms. The Morgan fingerprint density at radius 2 is 1.63 bits per heavy atom. The molecule has 2 heterocycles. The van der Waals surface area contributed by atoms with Crippen molar-refractivity contribution in [3.05, 3.63) is 72.3 Å². The summed E-state index contributed by atoms with van der Waals surface area (Å²) in [5.74, 6) is 0.153. The number of amides is 4. The highest BCUT2D eigenvalue weighted by Crippen LogP contribution is 2.31. The Bertz CT molecular complexity index is 1280. The van der Waals surface area contributed by atoms with Gasteiger partial charge >= 0.3 is 6.03 Å². The molecule has 0 bridgehead atoms. The maximum absolute atomic E-state index is 13.3. The Morgan fingerprint density at radius 3 is 2.31 bits per heavy atom. The summed E-state index contributed by atoms with van der Waals surface area (Å²) >= 11 is 0. The number of piperazine rings is 1. The number of carbonyl (C=O) groups is 3. The molecule has 0 spiro atoms. The van der Waals surface area contributed by atoms with Crippen molar-refractivity contribution in [1.82, 2.24) is 15.1 Å². The van der Waals surface area contributed by atoms with Crippen molar-refractivity contribution in [2.45, 2.75) is 12.5 Å². The molecule has 3 aromatic carbocycles. The van der Waals surface area contributed by atoms with E-state index in [2.05, 4.69) is 10.2 Å². The molecule has 1 N–H and O–H groups in total. The maximum Gasteiger partial charge on any atom is 0.325 e. The number of fused-ring (bicyclic) bond motifs is 1. The number of benzene rings is 3. The van der Waals surface area contributed by atoms with Crippen LogP contribution >= 0.6 is 0 Å². The normalized spacial score (nSPS) is 20.3. The van der Waals surface area contributed by atoms with Crippen molar-refractivity contribution in [2.24, 2.45) is 0 Å². The number of urea groups is 1. The minimum Gasteiger partial charge on any atom is -0.497 e. The lowest BCUT2D eigenvalue weighted by Gasteiger charge is -2.36. The van der Waals surface area contributed by atoms with Crippen molar-refractivity contribution in [2.75, 3.05) is 44.7 Å². The quantitative estimate of drug-likeness (QED) is 0.578. The molecule has 0 aliphatic carbocycles. The van der Waals surface area contributed by atoms with E-state index in [1.807, 2.05) is 66.7 Å². The van der Waals surface area contributed by atoms with Crippen LogP contribution in [-0.2, 0) is 15.1 Å². The number of methoxy groups -OCH3 is 1. The van der Waals surface area contributed by atoms with Crippen LogP contribution < -0.4 is 15.0 Å². The van der Waals surface area contributed by atoms with Crippen LogP contribution in [0.25, 0.3) is 10.8 Å². The number of imide groups is 1. The second kappa shape index (κ2) is 8.94. The molecule has 2 aliphatic rings. The van der Waals surface area contributed by atoms with Crippen LogP contribution in [0.15, 0.2) is 66.7 Å². The molecule has 5 rings (SSSR count). The lowest BCUT2D eigenvalue weighted by atomic mass is 9.90. The molecule has 4 amide bonds. The first-order chi connectivity index (χ1) is 16.9. The Morgan fingerprint density at radius 1 is 0.943 bits per heavy atom. The maximum atomic E-state index is 13.3. The van der Waals surface area contributed by atoms with Gasteiger partial charge in [0.2, 0.25) is 5.91 Å². The molecule has 3 aromatic rings. The highest BCUT2D eigenvalue weighted by atomic mass is 16.5. The number of hydrogen-bond donors (Lipinski definition) is 1. The first-order valence-corrected chi connectivity index (χ1v) is 11.7. The zero-order valence-electron chi connectivity index (χ0n) is 19.9. The summed E-state index contributed by atoms with van der Waals surface area (Å²) in [7, 11) is 1.63. The molecule has 1 atom stereocenters. The molecule has 0 radical (unpaired) electrons. The van der Waals surface area contributed by atoms with Gasteiger partial charge in [0, 0.05) is 31.9 Å². The van der Waals surface area contributed by atoms with Crippen LogP contribution in [0, 0.1) is 0 Å². The predicted molar refractivity (Wildman–Crippen MR) is 133 cm³/mol. The number of carbonyl (C=O) groups excluding carboxylic acids is 3. The second-order valence-electron chi connectivity index (χ2n) is 9.07. The Labute approximate surface area is 204 Å². The summed E-state index contributed by atoms with van der Waals surface area (Å²) in [5.41, 5.74) is 0.546. The van der Waals surface area contributed by atoms with Crippen LogP contribution in [0.3, 0.4) is 0 Å². The van der Waals surface area contributed by atoms with Gasteiger partial charge < -0.3 is 19.9 Å². The van der Waals surface area contributed by atoms with Gasteiger partial charge in [0.25, 0.3) is 5.91 Å². The van der Waals surface area contributed by atoms with Crippen LogP contribution in [0.5, 0.6) is 5.75 Å². The van der Waals surface area contributed by atoms with Crippen LogP contribution in [0.2, 0.25) is 0 Å². The predicted octanol–water partition coefficient (Wildman–Crippen LogP) is 2.96. The summed E-state index contributed by atoms with van der Waals surface area (Å²) in [6.07, 6.45) is 0. The fourth-order valence-corrected chi connectivity index (χ4v) is 4.78. The molecule has 0 saturated carbocycles. The first-order valence-electron chi connectivity index (χ1n) is 11.7. The Hall–Kier alpha value is -4.07. The lowest BCUT2D eigenvalue weighted by molar-refractivity contribution is -0.139. The van der Waals surface area contributed by atoms with Gasteiger partial charge in [-0.25, -0.2) is 4.79 Å². The second-order valence-corrected chi connectivity index (χ2v) is 9.07. The third-order valence-corrected chi connectivity index (χ3v) is 6.97. The molecule has 8 nitrogen and oxygen atoms in total. The number of rotatable bonds is 5. The number of ether oxygens (including phenoxy) is 1. The zero-order valence-corrected chi connectivity index (χ0v) is 19.9.